The number of carbonyl (C=O) groups is 2. The van der Waals surface area contributed by atoms with Gasteiger partial charge in [0.25, 0.3) is 0 Å². The molecule has 3 amide bonds. The molecular weight excluding hydrogens is 385 g/mol. The lowest BCUT2D eigenvalue weighted by Crippen LogP contribution is -2.35. The molecule has 4 N–H and O–H groups in total. The Hall–Kier alpha value is -3.87. The molecule has 0 spiro atoms. The van der Waals surface area contributed by atoms with E-state index in [2.05, 4.69) is 10.6 Å². The van der Waals surface area contributed by atoms with Crippen molar-refractivity contribution < 1.29 is 18.7 Å². The quantitative estimate of drug-likeness (QED) is 0.531. The van der Waals surface area contributed by atoms with Crippen LogP contribution in [0, 0.1) is 12.7 Å². The predicted octanol–water partition coefficient (Wildman–Crippen LogP) is 4.66. The number of amides is 3. The first-order valence-corrected chi connectivity index (χ1v) is 9.35. The maximum absolute atomic E-state index is 14.0. The Morgan fingerprint density at radius 2 is 1.73 bits per heavy atom. The van der Waals surface area contributed by atoms with Crippen LogP contribution in [0.5, 0.6) is 11.5 Å². The van der Waals surface area contributed by atoms with Crippen LogP contribution < -0.4 is 21.1 Å². The first-order chi connectivity index (χ1) is 14.4. The molecule has 3 rings (SSSR count). The molecule has 3 aromatic carbocycles. The van der Waals surface area contributed by atoms with Crippen LogP contribution in [0.4, 0.5) is 14.9 Å². The van der Waals surface area contributed by atoms with E-state index in [4.69, 9.17) is 10.5 Å². The molecule has 1 atom stereocenters. The summed E-state index contributed by atoms with van der Waals surface area (Å²) in [5.41, 5.74) is 6.73. The van der Waals surface area contributed by atoms with E-state index in [1.165, 1.54) is 12.1 Å². The highest BCUT2D eigenvalue weighted by atomic mass is 19.1. The van der Waals surface area contributed by atoms with Gasteiger partial charge in [0.15, 0.2) is 0 Å². The van der Waals surface area contributed by atoms with Gasteiger partial charge in [-0.1, -0.05) is 36.4 Å². The number of rotatable bonds is 7. The van der Waals surface area contributed by atoms with Crippen LogP contribution in [0.2, 0.25) is 0 Å². The maximum atomic E-state index is 14.0. The van der Waals surface area contributed by atoms with Gasteiger partial charge in [0, 0.05) is 0 Å². The van der Waals surface area contributed by atoms with E-state index in [0.29, 0.717) is 17.1 Å². The normalized spacial score (nSPS) is 11.4. The second-order valence-electron chi connectivity index (χ2n) is 6.78. The SMILES string of the molecule is Cc1ccc(NC(=O)CC(NC(N)=O)c2cccc(Oc3ccccc3)c2)c(F)c1. The zero-order valence-corrected chi connectivity index (χ0v) is 16.4. The number of hydrogen-bond donors (Lipinski definition) is 3. The van der Waals surface area contributed by atoms with Crippen molar-refractivity contribution in [3.8, 4) is 11.5 Å². The molecule has 0 bridgehead atoms. The molecule has 154 valence electrons. The summed E-state index contributed by atoms with van der Waals surface area (Å²) in [7, 11) is 0. The van der Waals surface area contributed by atoms with E-state index < -0.39 is 23.8 Å². The van der Waals surface area contributed by atoms with Gasteiger partial charge in [0.2, 0.25) is 5.91 Å². The van der Waals surface area contributed by atoms with Gasteiger partial charge in [-0.25, -0.2) is 9.18 Å². The van der Waals surface area contributed by atoms with Crippen LogP contribution >= 0.6 is 0 Å². The van der Waals surface area contributed by atoms with E-state index in [1.54, 1.807) is 37.3 Å². The van der Waals surface area contributed by atoms with Crippen molar-refractivity contribution in [2.75, 3.05) is 5.32 Å². The Labute approximate surface area is 173 Å². The fourth-order valence-electron chi connectivity index (χ4n) is 2.95. The molecule has 7 heteroatoms. The number of halogens is 1. The largest absolute Gasteiger partial charge is 0.457 e. The summed E-state index contributed by atoms with van der Waals surface area (Å²) in [6, 6.07) is 19.2. The summed E-state index contributed by atoms with van der Waals surface area (Å²) in [6.45, 7) is 1.76. The van der Waals surface area contributed by atoms with Crippen molar-refractivity contribution in [3.05, 3.63) is 89.7 Å². The number of benzene rings is 3. The minimum atomic E-state index is -0.774. The molecule has 0 heterocycles. The topological polar surface area (TPSA) is 93.5 Å². The Kier molecular flexibility index (Phi) is 6.64. The van der Waals surface area contributed by atoms with Gasteiger partial charge < -0.3 is 21.1 Å². The molecule has 0 fully saturated rings. The van der Waals surface area contributed by atoms with E-state index in [-0.39, 0.29) is 12.1 Å². The summed E-state index contributed by atoms with van der Waals surface area (Å²) in [4.78, 5) is 24.0. The Morgan fingerprint density at radius 3 is 2.43 bits per heavy atom. The highest BCUT2D eigenvalue weighted by molar-refractivity contribution is 5.91. The van der Waals surface area contributed by atoms with Crippen LogP contribution in [0.3, 0.4) is 0 Å². The van der Waals surface area contributed by atoms with Crippen LogP contribution in [-0.4, -0.2) is 11.9 Å². The Bertz CT molecular complexity index is 1040. The van der Waals surface area contributed by atoms with Crippen LogP contribution in [-0.2, 0) is 4.79 Å². The van der Waals surface area contributed by atoms with Gasteiger partial charge in [-0.2, -0.15) is 0 Å². The average molecular weight is 407 g/mol. The number of ether oxygens (including phenoxy) is 1. The molecule has 1 unspecified atom stereocenters. The summed E-state index contributed by atoms with van der Waals surface area (Å²) in [5.74, 6) is 0.202. The highest BCUT2D eigenvalue weighted by Crippen LogP contribution is 2.26. The Balaban J connectivity index is 1.76. The lowest BCUT2D eigenvalue weighted by Gasteiger charge is -2.19. The van der Waals surface area contributed by atoms with Gasteiger partial charge in [0.05, 0.1) is 18.2 Å². The third-order valence-electron chi connectivity index (χ3n) is 4.34. The maximum Gasteiger partial charge on any atom is 0.312 e. The number of hydrogen-bond acceptors (Lipinski definition) is 3. The molecule has 0 radical (unpaired) electrons. The number of para-hydroxylation sites is 1. The zero-order chi connectivity index (χ0) is 21.5. The van der Waals surface area contributed by atoms with Crippen molar-refractivity contribution in [1.82, 2.24) is 5.32 Å². The van der Waals surface area contributed by atoms with E-state index in [0.717, 1.165) is 5.56 Å². The summed E-state index contributed by atoms with van der Waals surface area (Å²) >= 11 is 0. The number of anilines is 1. The zero-order valence-electron chi connectivity index (χ0n) is 16.4. The lowest BCUT2D eigenvalue weighted by atomic mass is 10.0. The predicted molar refractivity (Wildman–Crippen MR) is 113 cm³/mol. The first-order valence-electron chi connectivity index (χ1n) is 9.35. The third kappa shape index (κ3) is 5.81. The third-order valence-corrected chi connectivity index (χ3v) is 4.34. The second kappa shape index (κ2) is 9.56. The van der Waals surface area contributed by atoms with Crippen molar-refractivity contribution in [2.45, 2.75) is 19.4 Å². The first kappa shape index (κ1) is 20.9. The number of nitrogens with one attached hydrogen (secondary N) is 2. The van der Waals surface area contributed by atoms with Crippen molar-refractivity contribution in [3.63, 3.8) is 0 Å². The van der Waals surface area contributed by atoms with E-state index in [1.807, 2.05) is 30.3 Å². The minimum Gasteiger partial charge on any atom is -0.457 e. The van der Waals surface area contributed by atoms with Crippen LogP contribution in [0.15, 0.2) is 72.8 Å². The number of primary amides is 1. The minimum absolute atomic E-state index is 0.0737. The number of aryl methyl sites for hydroxylation is 1. The molecule has 0 aliphatic heterocycles. The standard InChI is InChI=1S/C23H22FN3O3/c1-15-10-11-20(19(24)12-15)26-22(28)14-21(27-23(25)29)16-6-5-9-18(13-16)30-17-7-3-2-4-8-17/h2-13,21H,14H2,1H3,(H,26,28)(H3,25,27,29). The molecule has 30 heavy (non-hydrogen) atoms. The van der Waals surface area contributed by atoms with Gasteiger partial charge >= 0.3 is 6.03 Å². The van der Waals surface area contributed by atoms with E-state index in [9.17, 15) is 14.0 Å². The summed E-state index contributed by atoms with van der Waals surface area (Å²) in [6.07, 6.45) is -0.134. The molecule has 0 aliphatic carbocycles. The molecule has 6 nitrogen and oxygen atoms in total. The van der Waals surface area contributed by atoms with Crippen molar-refractivity contribution in [2.24, 2.45) is 5.73 Å². The molecule has 3 aromatic rings. The smallest absolute Gasteiger partial charge is 0.312 e. The number of carbonyl (C=O) groups excluding carboxylic acids is 2. The molecule has 0 aromatic heterocycles. The fourth-order valence-corrected chi connectivity index (χ4v) is 2.95. The summed E-state index contributed by atoms with van der Waals surface area (Å²) < 4.78 is 19.8. The monoisotopic (exact) mass is 407 g/mol. The van der Waals surface area contributed by atoms with Crippen LogP contribution in [0.25, 0.3) is 0 Å². The van der Waals surface area contributed by atoms with Crippen LogP contribution in [0.1, 0.15) is 23.6 Å². The van der Waals surface area contributed by atoms with Crippen molar-refractivity contribution in [1.29, 1.82) is 0 Å². The van der Waals surface area contributed by atoms with Gasteiger partial charge in [0.1, 0.15) is 17.3 Å². The second-order valence-corrected chi connectivity index (χ2v) is 6.78. The molecule has 0 aliphatic rings. The van der Waals surface area contributed by atoms with E-state index >= 15 is 0 Å². The van der Waals surface area contributed by atoms with Crippen molar-refractivity contribution >= 4 is 17.6 Å². The number of urea groups is 1. The van der Waals surface area contributed by atoms with Gasteiger partial charge in [-0.3, -0.25) is 4.79 Å². The number of nitrogens with two attached hydrogens (primary N) is 1. The molecular formula is C23H22FN3O3. The molecule has 0 saturated heterocycles. The molecule has 0 saturated carbocycles. The fraction of sp³-hybridized carbons (Fsp3) is 0.130. The Morgan fingerprint density at radius 1 is 1.00 bits per heavy atom. The van der Waals surface area contributed by atoms with Gasteiger partial charge in [-0.15, -0.1) is 0 Å². The highest BCUT2D eigenvalue weighted by Gasteiger charge is 2.19. The van der Waals surface area contributed by atoms with Gasteiger partial charge in [-0.05, 0) is 54.4 Å². The lowest BCUT2D eigenvalue weighted by molar-refractivity contribution is -0.116. The summed E-state index contributed by atoms with van der Waals surface area (Å²) in [5, 5.41) is 5.08. The average Bonchev–Trinajstić information content (AvgIpc) is 2.70.